The van der Waals surface area contributed by atoms with E-state index in [0.717, 1.165) is 37.9 Å². The van der Waals surface area contributed by atoms with Crippen LogP contribution >= 0.6 is 0 Å². The molecule has 1 N–H and O–H groups in total. The van der Waals surface area contributed by atoms with Crippen LogP contribution in [0.2, 0.25) is 0 Å². The Morgan fingerprint density at radius 3 is 2.46 bits per heavy atom. The molecule has 1 aromatic carbocycles. The van der Waals surface area contributed by atoms with Crippen molar-refractivity contribution in [1.29, 1.82) is 0 Å². The van der Waals surface area contributed by atoms with Crippen molar-refractivity contribution in [3.8, 4) is 0 Å². The van der Waals surface area contributed by atoms with E-state index in [9.17, 15) is 22.8 Å². The van der Waals surface area contributed by atoms with E-state index in [1.165, 1.54) is 11.0 Å². The molecule has 28 heavy (non-hydrogen) atoms. The van der Waals surface area contributed by atoms with Crippen molar-refractivity contribution < 1.29 is 22.8 Å². The third-order valence-electron chi connectivity index (χ3n) is 5.58. The van der Waals surface area contributed by atoms with Crippen LogP contribution in [0.25, 0.3) is 0 Å². The summed E-state index contributed by atoms with van der Waals surface area (Å²) in [4.78, 5) is 27.8. The first-order valence-corrected chi connectivity index (χ1v) is 9.76. The maximum atomic E-state index is 13.4. The summed E-state index contributed by atoms with van der Waals surface area (Å²) in [7, 11) is 1.90. The number of nitrogens with zero attached hydrogens (tertiary/aromatic N) is 2. The van der Waals surface area contributed by atoms with Crippen LogP contribution in [0.5, 0.6) is 0 Å². The first-order valence-electron chi connectivity index (χ1n) is 9.76. The van der Waals surface area contributed by atoms with Crippen LogP contribution in [-0.4, -0.2) is 49.9 Å². The molecule has 3 rings (SSSR count). The summed E-state index contributed by atoms with van der Waals surface area (Å²) >= 11 is 0. The lowest BCUT2D eigenvalue weighted by molar-refractivity contribution is -0.137. The number of hydrogen-bond donors (Lipinski definition) is 1. The topological polar surface area (TPSA) is 52.7 Å². The van der Waals surface area contributed by atoms with Crippen LogP contribution in [-0.2, 0) is 11.0 Å². The number of hydrogen-bond acceptors (Lipinski definition) is 3. The van der Waals surface area contributed by atoms with E-state index in [2.05, 4.69) is 5.32 Å². The Hall–Kier alpha value is -2.09. The van der Waals surface area contributed by atoms with Crippen LogP contribution in [0, 0.1) is 5.92 Å². The summed E-state index contributed by atoms with van der Waals surface area (Å²) in [6, 6.07) is 3.29. The number of amides is 2. The quantitative estimate of drug-likeness (QED) is 0.830. The van der Waals surface area contributed by atoms with Crippen molar-refractivity contribution in [2.45, 2.75) is 38.3 Å². The van der Waals surface area contributed by atoms with Crippen molar-refractivity contribution in [1.82, 2.24) is 10.2 Å². The summed E-state index contributed by atoms with van der Waals surface area (Å²) in [6.45, 7) is 2.38. The maximum Gasteiger partial charge on any atom is 0.416 e. The lowest BCUT2D eigenvalue weighted by Crippen LogP contribution is -2.39. The van der Waals surface area contributed by atoms with Gasteiger partial charge in [0, 0.05) is 37.3 Å². The van der Waals surface area contributed by atoms with Gasteiger partial charge in [0.15, 0.2) is 0 Å². The van der Waals surface area contributed by atoms with E-state index in [1.807, 2.05) is 7.05 Å². The second-order valence-electron chi connectivity index (χ2n) is 7.54. The number of alkyl halides is 3. The van der Waals surface area contributed by atoms with E-state index < -0.39 is 17.6 Å². The average Bonchev–Trinajstić information content (AvgIpc) is 3.11. The van der Waals surface area contributed by atoms with E-state index in [1.54, 1.807) is 4.90 Å². The zero-order valence-corrected chi connectivity index (χ0v) is 16.0. The maximum absolute atomic E-state index is 13.4. The first-order chi connectivity index (χ1) is 13.3. The Balaban J connectivity index is 1.80. The minimum atomic E-state index is -4.58. The van der Waals surface area contributed by atoms with E-state index in [4.69, 9.17) is 0 Å². The SMILES string of the molecule is CNCCC1CCN(C(=O)c2cc(N3CCCC3=O)cc(C(F)(F)F)c2)CC1. The molecule has 0 bridgehead atoms. The molecule has 2 amide bonds. The second-order valence-corrected chi connectivity index (χ2v) is 7.54. The zero-order valence-electron chi connectivity index (χ0n) is 16.0. The highest BCUT2D eigenvalue weighted by atomic mass is 19.4. The molecule has 8 heteroatoms. The van der Waals surface area contributed by atoms with Crippen LogP contribution < -0.4 is 10.2 Å². The normalized spacial score (nSPS) is 18.8. The number of rotatable bonds is 5. The molecule has 0 saturated carbocycles. The number of nitrogens with one attached hydrogen (secondary N) is 1. The fraction of sp³-hybridized carbons (Fsp3) is 0.600. The van der Waals surface area contributed by atoms with Gasteiger partial charge in [0.2, 0.25) is 5.91 Å². The van der Waals surface area contributed by atoms with Gasteiger partial charge in [-0.2, -0.15) is 13.2 Å². The second kappa shape index (κ2) is 8.51. The van der Waals surface area contributed by atoms with Gasteiger partial charge < -0.3 is 15.1 Å². The summed E-state index contributed by atoms with van der Waals surface area (Å²) in [5, 5.41) is 3.11. The molecule has 0 aromatic heterocycles. The number of halogens is 3. The predicted octanol–water partition coefficient (Wildman–Crippen LogP) is 3.29. The number of carbonyl (C=O) groups is 2. The molecule has 1 aromatic rings. The minimum absolute atomic E-state index is 0.00167. The molecular weight excluding hydrogens is 371 g/mol. The Morgan fingerprint density at radius 1 is 1.18 bits per heavy atom. The highest BCUT2D eigenvalue weighted by Crippen LogP contribution is 2.35. The minimum Gasteiger partial charge on any atom is -0.339 e. The Labute approximate surface area is 162 Å². The standard InChI is InChI=1S/C20H26F3N3O2/c1-24-7-4-14-5-9-25(10-6-14)19(28)15-11-16(20(21,22)23)13-17(12-15)26-8-2-3-18(26)27/h11-14,24H,2-10H2,1H3. The average molecular weight is 397 g/mol. The van der Waals surface area contributed by atoms with Gasteiger partial charge in [-0.05, 0) is 63.4 Å². The Kier molecular flexibility index (Phi) is 6.27. The molecule has 0 atom stereocenters. The van der Waals surface area contributed by atoms with Gasteiger partial charge in [0.1, 0.15) is 0 Å². The van der Waals surface area contributed by atoms with Gasteiger partial charge in [-0.25, -0.2) is 0 Å². The van der Waals surface area contributed by atoms with Gasteiger partial charge in [-0.1, -0.05) is 0 Å². The smallest absolute Gasteiger partial charge is 0.339 e. The summed E-state index contributed by atoms with van der Waals surface area (Å²) in [5.41, 5.74) is -0.736. The third kappa shape index (κ3) is 4.66. The summed E-state index contributed by atoms with van der Waals surface area (Å²) in [5.74, 6) is -0.0788. The molecule has 2 aliphatic rings. The number of benzene rings is 1. The van der Waals surface area contributed by atoms with E-state index >= 15 is 0 Å². The van der Waals surface area contributed by atoms with Gasteiger partial charge in [0.05, 0.1) is 5.56 Å². The van der Waals surface area contributed by atoms with Crippen molar-refractivity contribution in [3.05, 3.63) is 29.3 Å². The molecular formula is C20H26F3N3O2. The van der Waals surface area contributed by atoms with Crippen LogP contribution in [0.15, 0.2) is 18.2 Å². The molecule has 0 spiro atoms. The Bertz CT molecular complexity index is 728. The number of anilines is 1. The summed E-state index contributed by atoms with van der Waals surface area (Å²) in [6.07, 6.45) is -0.914. The fourth-order valence-corrected chi connectivity index (χ4v) is 3.93. The van der Waals surface area contributed by atoms with Crippen molar-refractivity contribution in [3.63, 3.8) is 0 Å². The van der Waals surface area contributed by atoms with E-state index in [-0.39, 0.29) is 17.2 Å². The largest absolute Gasteiger partial charge is 0.416 e. The van der Waals surface area contributed by atoms with Gasteiger partial charge >= 0.3 is 6.18 Å². The van der Waals surface area contributed by atoms with Gasteiger partial charge in [-0.15, -0.1) is 0 Å². The molecule has 2 fully saturated rings. The number of piperidine rings is 1. The molecule has 0 aliphatic carbocycles. The highest BCUT2D eigenvalue weighted by Gasteiger charge is 2.34. The predicted molar refractivity (Wildman–Crippen MR) is 100 cm³/mol. The van der Waals surface area contributed by atoms with Crippen LogP contribution in [0.1, 0.15) is 48.0 Å². The molecule has 2 aliphatic heterocycles. The molecule has 2 saturated heterocycles. The first kappa shape index (κ1) is 20.6. The molecule has 0 unspecified atom stereocenters. The third-order valence-corrected chi connectivity index (χ3v) is 5.58. The highest BCUT2D eigenvalue weighted by molar-refractivity contribution is 5.99. The molecule has 2 heterocycles. The van der Waals surface area contributed by atoms with Crippen LogP contribution in [0.3, 0.4) is 0 Å². The zero-order chi connectivity index (χ0) is 20.3. The van der Waals surface area contributed by atoms with E-state index in [0.29, 0.717) is 38.4 Å². The van der Waals surface area contributed by atoms with Crippen molar-refractivity contribution in [2.24, 2.45) is 5.92 Å². The molecule has 0 radical (unpaired) electrons. The lowest BCUT2D eigenvalue weighted by atomic mass is 9.93. The van der Waals surface area contributed by atoms with Gasteiger partial charge in [0.25, 0.3) is 5.91 Å². The van der Waals surface area contributed by atoms with Gasteiger partial charge in [-0.3, -0.25) is 9.59 Å². The molecule has 154 valence electrons. The lowest BCUT2D eigenvalue weighted by Gasteiger charge is -2.32. The summed E-state index contributed by atoms with van der Waals surface area (Å²) < 4.78 is 40.1. The Morgan fingerprint density at radius 2 is 1.89 bits per heavy atom. The monoisotopic (exact) mass is 397 g/mol. The van der Waals surface area contributed by atoms with Crippen molar-refractivity contribution >= 4 is 17.5 Å². The molecule has 5 nitrogen and oxygen atoms in total. The number of carbonyl (C=O) groups excluding carboxylic acids is 2. The van der Waals surface area contributed by atoms with Crippen LogP contribution in [0.4, 0.5) is 18.9 Å². The number of likely N-dealkylation sites (tertiary alicyclic amines) is 1. The van der Waals surface area contributed by atoms with Crippen molar-refractivity contribution in [2.75, 3.05) is 38.1 Å². The fourth-order valence-electron chi connectivity index (χ4n) is 3.93.